The summed E-state index contributed by atoms with van der Waals surface area (Å²) in [5.41, 5.74) is 5.11. The highest BCUT2D eigenvalue weighted by molar-refractivity contribution is 6.14. The number of carbonyl (C=O) groups is 13. The number of amides is 12. The van der Waals surface area contributed by atoms with E-state index in [4.69, 9.17) is 24.9 Å². The van der Waals surface area contributed by atoms with Crippen LogP contribution < -0.4 is 59.1 Å². The molecule has 2 unspecified atom stereocenters. The number of aromatic nitrogens is 2. The molecule has 6 heterocycles. The molecule has 4 aromatic rings. The Morgan fingerprint density at radius 3 is 2.16 bits per heavy atom. The number of aliphatic hydroxyl groups is 3. The molecule has 0 spiro atoms. The van der Waals surface area contributed by atoms with Gasteiger partial charge < -0.3 is 87.7 Å². The molecule has 7 aliphatic rings. The van der Waals surface area contributed by atoms with Gasteiger partial charge >= 0.3 is 5.97 Å². The summed E-state index contributed by atoms with van der Waals surface area (Å²) in [6, 6.07) is 8.02. The predicted molar refractivity (Wildman–Crippen MR) is 345 cm³/mol. The summed E-state index contributed by atoms with van der Waals surface area (Å²) < 4.78 is 34.0. The van der Waals surface area contributed by atoms with Crippen molar-refractivity contribution in [1.29, 1.82) is 0 Å². The number of nitrogens with one attached hydrogen (secondary N) is 9. The molecule has 1 saturated heterocycles. The Labute approximate surface area is 573 Å². The molecule has 10 atom stereocenters. The Kier molecular flexibility index (Phi) is 20.9. The number of nitrogens with two attached hydrogens (primary N) is 1. The summed E-state index contributed by atoms with van der Waals surface area (Å²) in [5.74, 6) is -10.4. The molecule has 12 amide bonds. The fourth-order valence-corrected chi connectivity index (χ4v) is 14.0. The van der Waals surface area contributed by atoms with Gasteiger partial charge in [-0.05, 0) is 80.2 Å². The Hall–Kier alpha value is -10.4. The lowest BCUT2D eigenvalue weighted by Gasteiger charge is -2.36. The van der Waals surface area contributed by atoms with Crippen LogP contribution in [0.2, 0.25) is 0 Å². The summed E-state index contributed by atoms with van der Waals surface area (Å²) in [7, 11) is 0. The largest absolute Gasteiger partial charge is 0.458 e. The van der Waals surface area contributed by atoms with Crippen LogP contribution in [0.5, 0.6) is 0 Å². The number of carbonyl (C=O) groups excluding carboxylic acids is 13. The Morgan fingerprint density at radius 2 is 1.47 bits per heavy atom. The molecular weight excluding hydrogens is 1330 g/mol. The topological polar surface area (TPSA) is 483 Å². The van der Waals surface area contributed by atoms with E-state index in [1.54, 1.807) is 50.2 Å². The van der Waals surface area contributed by atoms with E-state index in [1.807, 2.05) is 0 Å². The van der Waals surface area contributed by atoms with Crippen molar-refractivity contribution in [2.75, 3.05) is 46.0 Å². The molecule has 101 heavy (non-hydrogen) atoms. The highest BCUT2D eigenvalue weighted by atomic mass is 19.1. The van der Waals surface area contributed by atoms with Crippen molar-refractivity contribution in [1.82, 2.24) is 62.3 Å². The summed E-state index contributed by atoms with van der Waals surface area (Å²) in [6.45, 7) is -0.688. The van der Waals surface area contributed by atoms with Crippen LogP contribution in [0.3, 0.4) is 0 Å². The third-order valence-corrected chi connectivity index (χ3v) is 19.8. The van der Waals surface area contributed by atoms with E-state index in [2.05, 4.69) is 47.9 Å². The van der Waals surface area contributed by atoms with Gasteiger partial charge in [-0.2, -0.15) is 0 Å². The zero-order valence-corrected chi connectivity index (χ0v) is 55.0. The summed E-state index contributed by atoms with van der Waals surface area (Å²) in [5, 5.41) is 55.6. The predicted octanol–water partition coefficient (Wildman–Crippen LogP) is -4.10. The van der Waals surface area contributed by atoms with E-state index in [-0.39, 0.29) is 69.3 Å². The summed E-state index contributed by atoms with van der Waals surface area (Å²) in [4.78, 5) is 188. The minimum Gasteiger partial charge on any atom is -0.458 e. The van der Waals surface area contributed by atoms with Gasteiger partial charge in [0.15, 0.2) is 5.60 Å². The first-order valence-corrected chi connectivity index (χ1v) is 33.0. The monoisotopic (exact) mass is 1400 g/mol. The van der Waals surface area contributed by atoms with Crippen LogP contribution in [-0.2, 0) is 108 Å². The first kappa shape index (κ1) is 71.9. The molecule has 14 N–H and O–H groups in total. The maximum absolute atomic E-state index is 15.6. The average molecular weight is 1400 g/mol. The fourth-order valence-electron chi connectivity index (χ4n) is 14.0. The minimum absolute atomic E-state index is 0.0470. The summed E-state index contributed by atoms with van der Waals surface area (Å²) >= 11 is 0. The number of imide groups is 1. The van der Waals surface area contributed by atoms with Gasteiger partial charge in [0.1, 0.15) is 56.1 Å². The molecule has 11 rings (SSSR count). The second kappa shape index (κ2) is 29.4. The number of ether oxygens (including phenoxy) is 3. The lowest BCUT2D eigenvalue weighted by atomic mass is 9.78. The van der Waals surface area contributed by atoms with E-state index in [0.29, 0.717) is 81.5 Å². The van der Waals surface area contributed by atoms with Crippen LogP contribution >= 0.6 is 0 Å². The van der Waals surface area contributed by atoms with Gasteiger partial charge in [-0.15, -0.1) is 0 Å². The van der Waals surface area contributed by atoms with Crippen molar-refractivity contribution in [2.24, 2.45) is 11.1 Å². The molecule has 3 fully saturated rings. The molecule has 0 radical (unpaired) electrons. The van der Waals surface area contributed by atoms with Crippen LogP contribution in [0.25, 0.3) is 22.3 Å². The summed E-state index contributed by atoms with van der Waals surface area (Å²) in [6.07, 6.45) is -2.98. The van der Waals surface area contributed by atoms with Gasteiger partial charge in [0.05, 0.1) is 78.2 Å². The van der Waals surface area contributed by atoms with E-state index in [1.165, 1.54) is 10.6 Å². The van der Waals surface area contributed by atoms with Crippen molar-refractivity contribution in [3.8, 4) is 11.4 Å². The maximum Gasteiger partial charge on any atom is 0.343 e. The van der Waals surface area contributed by atoms with E-state index in [9.17, 15) is 82.4 Å². The molecule has 2 saturated carbocycles. The molecule has 33 nitrogen and oxygen atoms in total. The SMILES string of the molecule is CC[C@@]1(O)C(=O)OCc2c1cc1n(c2=O)Cc2c-1nc1cc(F)c(C)c3c1c2[C@@H](NC(=O)C12CCC1(OCNC(=O)CNC(=O)[C@H](Cc1ccccc1)NC(=O)CNC(=O)CNC(=O)[C@H](CCC(=O)NC[C@H]1O[C@@H](CC(N)=O)[C@H](O)[C@@H]1O)NC(=O)CCNC(=O)CN1C(=O)C=CC1=O)C2)CC3. The molecule has 34 heteroatoms. The lowest BCUT2D eigenvalue weighted by Crippen LogP contribution is -2.53. The number of fused-ring (bicyclic) bond motifs is 6. The first-order valence-electron chi connectivity index (χ1n) is 33.0. The van der Waals surface area contributed by atoms with E-state index in [0.717, 1.165) is 17.7 Å². The van der Waals surface area contributed by atoms with Crippen LogP contribution in [0.15, 0.2) is 59.4 Å². The first-order chi connectivity index (χ1) is 48.1. The number of rotatable bonds is 30. The van der Waals surface area contributed by atoms with Crippen LogP contribution in [0.1, 0.15) is 110 Å². The number of esters is 1. The zero-order chi connectivity index (χ0) is 72.4. The molecule has 536 valence electrons. The number of aryl methyl sites for hydroxylation is 1. The number of halogens is 1. The Bertz CT molecular complexity index is 4210. The molecular formula is C67H76FN13O20. The van der Waals surface area contributed by atoms with Crippen molar-refractivity contribution in [2.45, 2.75) is 151 Å². The van der Waals surface area contributed by atoms with Crippen molar-refractivity contribution in [3.05, 3.63) is 110 Å². The molecule has 2 aromatic heterocycles. The average Bonchev–Trinajstić information content (AvgIpc) is 1.50. The fraction of sp³-hybridized carbons (Fsp3) is 0.478. The standard InChI is InChI=1S/C67H76FN13O20/c1-3-67(98)37-20-43-57-35(27-80(43)62(95)36(37)29-99-64(67)97)56-39(10-9-34-32(2)38(68)21-41(78-57)55(34)56)79-63(96)65-16-17-66(65,30-65)100-31-75-50(86)25-74-61(94)42(19-33-7-5-4-6-8-33)77-51(87)26-72-49(85)24-73-60(93)40(76-48(84)15-18-70-52(88)28-81-53(89)13-14-54(81)90)11-12-47(83)71-23-45-59(92)58(91)44(101-45)22-46(69)82/h4-8,13-14,20-21,39-40,42,44-45,58-59,91-92,98H,3,9-12,15-19,22-31H2,1-2H3,(H2,69,82)(H,70,88)(H,71,83)(H,72,85)(H,73,93)(H,74,94)(H,75,86)(H,76,84)(H,77,87)(H,79,96)/t39-,40-,42-,44-,45+,58-,59+,65?,66?,67-/m0/s1. The van der Waals surface area contributed by atoms with E-state index < -0.39 is 187 Å². The quantitative estimate of drug-likeness (QED) is 0.0118. The number of cyclic esters (lactones) is 1. The highest BCUT2D eigenvalue weighted by Crippen LogP contribution is 2.73. The second-order valence-electron chi connectivity index (χ2n) is 26.1. The Morgan fingerprint density at radius 1 is 0.782 bits per heavy atom. The number of aliphatic hydroxyl groups excluding tert-OH is 2. The van der Waals surface area contributed by atoms with Gasteiger partial charge in [0, 0.05) is 67.1 Å². The number of benzene rings is 2. The van der Waals surface area contributed by atoms with Gasteiger partial charge in [-0.3, -0.25) is 67.2 Å². The molecule has 3 aliphatic carbocycles. The normalized spacial score (nSPS) is 23.7. The molecule has 0 bridgehead atoms. The number of nitrogens with zero attached hydrogens (tertiary/aromatic N) is 3. The maximum atomic E-state index is 15.6. The smallest absolute Gasteiger partial charge is 0.343 e. The number of hydrogen-bond acceptors (Lipinski definition) is 21. The number of primary amides is 1. The van der Waals surface area contributed by atoms with Gasteiger partial charge in [-0.1, -0.05) is 37.3 Å². The van der Waals surface area contributed by atoms with E-state index >= 15 is 4.39 Å². The van der Waals surface area contributed by atoms with Gasteiger partial charge in [0.25, 0.3) is 17.4 Å². The molecule has 2 aromatic carbocycles. The van der Waals surface area contributed by atoms with Crippen LogP contribution in [0, 0.1) is 18.2 Å². The van der Waals surface area contributed by atoms with Crippen molar-refractivity contribution >= 4 is 87.8 Å². The highest BCUT2D eigenvalue weighted by Gasteiger charge is 2.79. The van der Waals surface area contributed by atoms with Gasteiger partial charge in [-0.25, -0.2) is 14.2 Å². The van der Waals surface area contributed by atoms with Crippen LogP contribution in [-0.4, -0.2) is 195 Å². The number of pyridine rings is 2. The zero-order valence-electron chi connectivity index (χ0n) is 55.0. The third-order valence-electron chi connectivity index (χ3n) is 19.8. The van der Waals surface area contributed by atoms with Crippen LogP contribution in [0.4, 0.5) is 4.39 Å². The third kappa shape index (κ3) is 14.8. The Balaban J connectivity index is 0.654. The van der Waals surface area contributed by atoms with Crippen molar-refractivity contribution < 1.29 is 96.2 Å². The minimum atomic E-state index is -2.08. The van der Waals surface area contributed by atoms with Gasteiger partial charge in [0.2, 0.25) is 59.1 Å². The van der Waals surface area contributed by atoms with Crippen molar-refractivity contribution in [3.63, 3.8) is 0 Å². The number of hydrogen-bond donors (Lipinski definition) is 13. The lowest BCUT2D eigenvalue weighted by molar-refractivity contribution is -0.172. The molecule has 4 aliphatic heterocycles. The second-order valence-corrected chi connectivity index (χ2v) is 26.1.